The summed E-state index contributed by atoms with van der Waals surface area (Å²) in [6, 6.07) is 9.91. The molecule has 2 amide bonds. The largest absolute Gasteiger partial charge is 0.347 e. The molecular formula is C31H43Cl2N5O2. The van der Waals surface area contributed by atoms with Crippen LogP contribution in [0.3, 0.4) is 0 Å². The SMILES string of the molecule is CN(C)C(=O)C1(N2CCCCC2CCC(CN(C)C(=O)Cc2cccnc2)c2ccc(Cl)c(Cl)c2)CCNCC1. The molecule has 0 bridgehead atoms. The summed E-state index contributed by atoms with van der Waals surface area (Å²) in [4.78, 5) is 37.1. The molecule has 2 aliphatic heterocycles. The van der Waals surface area contributed by atoms with Gasteiger partial charge in [0.2, 0.25) is 11.8 Å². The monoisotopic (exact) mass is 587 g/mol. The Labute approximate surface area is 249 Å². The first-order valence-electron chi connectivity index (χ1n) is 14.5. The minimum atomic E-state index is -0.449. The Morgan fingerprint density at radius 2 is 1.90 bits per heavy atom. The molecule has 2 unspecified atom stereocenters. The molecule has 4 rings (SSSR count). The molecule has 3 heterocycles. The van der Waals surface area contributed by atoms with E-state index in [1.54, 1.807) is 17.3 Å². The van der Waals surface area contributed by atoms with Crippen molar-refractivity contribution in [2.24, 2.45) is 0 Å². The van der Waals surface area contributed by atoms with Crippen molar-refractivity contribution in [1.29, 1.82) is 0 Å². The molecule has 0 aliphatic carbocycles. The highest BCUT2D eigenvalue weighted by atomic mass is 35.5. The van der Waals surface area contributed by atoms with Crippen molar-refractivity contribution in [2.45, 2.75) is 68.9 Å². The molecular weight excluding hydrogens is 545 g/mol. The van der Waals surface area contributed by atoms with E-state index in [-0.39, 0.29) is 17.7 Å². The van der Waals surface area contributed by atoms with E-state index < -0.39 is 5.54 Å². The average Bonchev–Trinajstić information content (AvgIpc) is 2.97. The Morgan fingerprint density at radius 3 is 2.58 bits per heavy atom. The molecule has 1 N–H and O–H groups in total. The van der Waals surface area contributed by atoms with Crippen LogP contribution in [0.1, 0.15) is 62.0 Å². The zero-order valence-corrected chi connectivity index (χ0v) is 25.6. The topological polar surface area (TPSA) is 68.8 Å². The van der Waals surface area contributed by atoms with Gasteiger partial charge in [-0.1, -0.05) is 41.8 Å². The normalized spacial score (nSPS) is 20.1. The first-order valence-corrected chi connectivity index (χ1v) is 15.2. The predicted octanol–water partition coefficient (Wildman–Crippen LogP) is 5.02. The van der Waals surface area contributed by atoms with Gasteiger partial charge in [-0.05, 0) is 87.5 Å². The van der Waals surface area contributed by atoms with Gasteiger partial charge in [-0.3, -0.25) is 19.5 Å². The Balaban J connectivity index is 1.53. The van der Waals surface area contributed by atoms with Gasteiger partial charge in [0.25, 0.3) is 0 Å². The Morgan fingerprint density at radius 1 is 1.12 bits per heavy atom. The smallest absolute Gasteiger partial charge is 0.242 e. The van der Waals surface area contributed by atoms with Gasteiger partial charge in [0.1, 0.15) is 5.54 Å². The minimum Gasteiger partial charge on any atom is -0.347 e. The summed E-state index contributed by atoms with van der Waals surface area (Å²) in [6.07, 6.45) is 10.7. The second-order valence-corrected chi connectivity index (χ2v) is 12.4. The molecule has 0 spiro atoms. The van der Waals surface area contributed by atoms with Gasteiger partial charge < -0.3 is 15.1 Å². The van der Waals surface area contributed by atoms with Crippen LogP contribution >= 0.6 is 23.2 Å². The lowest BCUT2D eigenvalue weighted by molar-refractivity contribution is -0.148. The molecule has 7 nitrogen and oxygen atoms in total. The molecule has 0 radical (unpaired) electrons. The van der Waals surface area contributed by atoms with E-state index in [9.17, 15) is 9.59 Å². The molecule has 2 atom stereocenters. The van der Waals surface area contributed by atoms with Gasteiger partial charge >= 0.3 is 0 Å². The van der Waals surface area contributed by atoms with E-state index in [0.29, 0.717) is 29.1 Å². The lowest BCUT2D eigenvalue weighted by atomic mass is 9.80. The van der Waals surface area contributed by atoms with Crippen molar-refractivity contribution in [2.75, 3.05) is 47.3 Å². The maximum atomic E-state index is 13.6. The zero-order valence-electron chi connectivity index (χ0n) is 24.0. The lowest BCUT2D eigenvalue weighted by Gasteiger charge is -2.51. The van der Waals surface area contributed by atoms with Crippen LogP contribution in [0.25, 0.3) is 0 Å². The van der Waals surface area contributed by atoms with E-state index in [1.807, 2.05) is 56.4 Å². The second-order valence-electron chi connectivity index (χ2n) is 11.6. The van der Waals surface area contributed by atoms with Crippen molar-refractivity contribution in [3.8, 4) is 0 Å². The number of piperidine rings is 2. The van der Waals surface area contributed by atoms with Crippen LogP contribution in [-0.2, 0) is 16.0 Å². The number of pyridine rings is 1. The van der Waals surface area contributed by atoms with Gasteiger partial charge in [-0.2, -0.15) is 0 Å². The van der Waals surface area contributed by atoms with Crippen LogP contribution in [0.15, 0.2) is 42.7 Å². The van der Waals surface area contributed by atoms with Crippen molar-refractivity contribution < 1.29 is 9.59 Å². The molecule has 218 valence electrons. The molecule has 1 aromatic carbocycles. The molecule has 40 heavy (non-hydrogen) atoms. The summed E-state index contributed by atoms with van der Waals surface area (Å²) in [5.41, 5.74) is 1.54. The number of nitrogens with zero attached hydrogens (tertiary/aromatic N) is 4. The van der Waals surface area contributed by atoms with Crippen molar-refractivity contribution in [3.05, 3.63) is 63.9 Å². The third-order valence-electron chi connectivity index (χ3n) is 8.67. The number of carbonyl (C=O) groups is 2. The zero-order chi connectivity index (χ0) is 28.7. The number of nitrogens with one attached hydrogen (secondary N) is 1. The highest BCUT2D eigenvalue weighted by Gasteiger charge is 2.48. The number of benzene rings is 1. The quantitative estimate of drug-likeness (QED) is 0.423. The van der Waals surface area contributed by atoms with Gasteiger partial charge in [-0.25, -0.2) is 0 Å². The minimum absolute atomic E-state index is 0.0580. The maximum absolute atomic E-state index is 13.6. The third kappa shape index (κ3) is 7.35. The summed E-state index contributed by atoms with van der Waals surface area (Å²) < 4.78 is 0. The van der Waals surface area contributed by atoms with Gasteiger partial charge in [0.15, 0.2) is 0 Å². The highest BCUT2D eigenvalue weighted by Crippen LogP contribution is 2.37. The molecule has 1 aromatic heterocycles. The van der Waals surface area contributed by atoms with Crippen LogP contribution in [0, 0.1) is 0 Å². The summed E-state index contributed by atoms with van der Waals surface area (Å²) in [6.45, 7) is 3.25. The van der Waals surface area contributed by atoms with E-state index in [4.69, 9.17) is 23.2 Å². The second kappa shape index (κ2) is 14.1. The van der Waals surface area contributed by atoms with Crippen molar-refractivity contribution in [1.82, 2.24) is 25.0 Å². The number of aromatic nitrogens is 1. The number of halogens is 2. The molecule has 9 heteroatoms. The summed E-state index contributed by atoms with van der Waals surface area (Å²) >= 11 is 12.7. The molecule has 2 aliphatic rings. The Kier molecular flexibility index (Phi) is 10.9. The van der Waals surface area contributed by atoms with Crippen LogP contribution < -0.4 is 5.32 Å². The Bertz CT molecular complexity index is 1140. The summed E-state index contributed by atoms with van der Waals surface area (Å²) in [7, 11) is 5.63. The van der Waals surface area contributed by atoms with Crippen LogP contribution in [-0.4, -0.2) is 90.4 Å². The van der Waals surface area contributed by atoms with Gasteiger partial charge in [0, 0.05) is 52.0 Å². The van der Waals surface area contributed by atoms with E-state index >= 15 is 0 Å². The number of carbonyl (C=O) groups excluding carboxylic acids is 2. The highest BCUT2D eigenvalue weighted by molar-refractivity contribution is 6.42. The number of rotatable bonds is 10. The van der Waals surface area contributed by atoms with E-state index in [1.165, 1.54) is 6.42 Å². The molecule has 2 fully saturated rings. The third-order valence-corrected chi connectivity index (χ3v) is 9.41. The van der Waals surface area contributed by atoms with Crippen LogP contribution in [0.4, 0.5) is 0 Å². The first-order chi connectivity index (χ1) is 19.2. The molecule has 2 saturated heterocycles. The Hall–Kier alpha value is -2.19. The fourth-order valence-electron chi connectivity index (χ4n) is 6.51. The van der Waals surface area contributed by atoms with Gasteiger partial charge in [-0.15, -0.1) is 0 Å². The van der Waals surface area contributed by atoms with E-state index in [2.05, 4.69) is 15.2 Å². The predicted molar refractivity (Wildman–Crippen MR) is 162 cm³/mol. The number of amides is 2. The van der Waals surface area contributed by atoms with Crippen LogP contribution in [0.2, 0.25) is 10.0 Å². The number of hydrogen-bond acceptors (Lipinski definition) is 5. The average molecular weight is 589 g/mol. The number of likely N-dealkylation sites (tertiary alicyclic amines) is 1. The standard InChI is InChI=1S/C31H43Cl2N5O2/c1-36(2)30(40)31(13-16-34-17-14-31)38-18-5-4-8-26(38)11-9-25(24-10-12-27(32)28(33)20-24)22-37(3)29(39)19-23-7-6-15-35-21-23/h6-7,10,12,15,20-21,25-26,34H,4-5,8-9,11,13-14,16-19,22H2,1-3H3. The number of hydrogen-bond donors (Lipinski definition) is 1. The van der Waals surface area contributed by atoms with Crippen LogP contribution in [0.5, 0.6) is 0 Å². The van der Waals surface area contributed by atoms with E-state index in [0.717, 1.165) is 69.3 Å². The lowest BCUT2D eigenvalue weighted by Crippen LogP contribution is -2.66. The van der Waals surface area contributed by atoms with Gasteiger partial charge in [0.05, 0.1) is 16.5 Å². The fourth-order valence-corrected chi connectivity index (χ4v) is 6.82. The molecule has 2 aromatic rings. The summed E-state index contributed by atoms with van der Waals surface area (Å²) in [5.74, 6) is 0.375. The molecule has 0 saturated carbocycles. The first kappa shape index (κ1) is 30.8. The maximum Gasteiger partial charge on any atom is 0.242 e. The fraction of sp³-hybridized carbons (Fsp3) is 0.581. The number of likely N-dealkylation sites (N-methyl/N-ethyl adjacent to an activating group) is 2. The summed E-state index contributed by atoms with van der Waals surface area (Å²) in [5, 5.41) is 4.51. The van der Waals surface area contributed by atoms with Crippen molar-refractivity contribution >= 4 is 35.0 Å². The van der Waals surface area contributed by atoms with Crippen molar-refractivity contribution in [3.63, 3.8) is 0 Å².